The van der Waals surface area contributed by atoms with Gasteiger partial charge in [0.25, 0.3) is 5.91 Å². The molecule has 0 aromatic carbocycles. The van der Waals surface area contributed by atoms with Crippen molar-refractivity contribution >= 4 is 17.2 Å². The lowest BCUT2D eigenvalue weighted by Gasteiger charge is -2.17. The lowest BCUT2D eigenvalue weighted by Crippen LogP contribution is -2.33. The van der Waals surface area contributed by atoms with Crippen molar-refractivity contribution in [2.45, 2.75) is 18.9 Å². The Bertz CT molecular complexity index is 460. The summed E-state index contributed by atoms with van der Waals surface area (Å²) >= 11 is 1.45. The number of nitrogens with two attached hydrogens (primary N) is 1. The zero-order valence-electron chi connectivity index (χ0n) is 10.5. The van der Waals surface area contributed by atoms with E-state index in [1.54, 1.807) is 7.11 Å². The Balaban J connectivity index is 1.71. The first-order valence-electron chi connectivity index (χ1n) is 6.36. The molecule has 1 aromatic heterocycles. The van der Waals surface area contributed by atoms with Crippen LogP contribution in [0, 0.1) is 11.8 Å². The van der Waals surface area contributed by atoms with E-state index in [-0.39, 0.29) is 11.9 Å². The SMILES string of the molecule is COc1csc(C(=O)N2CC3CCC(N)C3C2)c1. The summed E-state index contributed by atoms with van der Waals surface area (Å²) in [7, 11) is 1.62. The van der Waals surface area contributed by atoms with Gasteiger partial charge in [-0.15, -0.1) is 11.3 Å². The smallest absolute Gasteiger partial charge is 0.264 e. The standard InChI is InChI=1S/C13H18N2O2S/c1-17-9-4-12(18-7-9)13(16)15-5-8-2-3-11(14)10(8)6-15/h4,7-8,10-11H,2-3,5-6,14H2,1H3. The minimum Gasteiger partial charge on any atom is -0.496 e. The molecule has 98 valence electrons. The van der Waals surface area contributed by atoms with Gasteiger partial charge >= 0.3 is 0 Å². The first-order chi connectivity index (χ1) is 8.69. The van der Waals surface area contributed by atoms with Crippen LogP contribution in [-0.4, -0.2) is 37.0 Å². The van der Waals surface area contributed by atoms with Crippen LogP contribution in [0.1, 0.15) is 22.5 Å². The molecule has 1 saturated heterocycles. The van der Waals surface area contributed by atoms with E-state index in [4.69, 9.17) is 10.5 Å². The number of thiophene rings is 1. The molecule has 1 amide bonds. The van der Waals surface area contributed by atoms with Crippen LogP contribution in [0.5, 0.6) is 5.75 Å². The summed E-state index contributed by atoms with van der Waals surface area (Å²) in [6, 6.07) is 2.10. The zero-order chi connectivity index (χ0) is 12.7. The Labute approximate surface area is 111 Å². The van der Waals surface area contributed by atoms with Gasteiger partial charge in [0.05, 0.1) is 12.0 Å². The number of amides is 1. The monoisotopic (exact) mass is 266 g/mol. The van der Waals surface area contributed by atoms with Gasteiger partial charge in [-0.2, -0.15) is 0 Å². The van der Waals surface area contributed by atoms with Gasteiger partial charge < -0.3 is 15.4 Å². The molecule has 3 atom stereocenters. The van der Waals surface area contributed by atoms with E-state index >= 15 is 0 Å². The average Bonchev–Trinajstić information content (AvgIpc) is 3.06. The van der Waals surface area contributed by atoms with E-state index < -0.39 is 0 Å². The quantitative estimate of drug-likeness (QED) is 0.884. The molecular formula is C13H18N2O2S. The van der Waals surface area contributed by atoms with Crippen LogP contribution in [0.2, 0.25) is 0 Å². The predicted molar refractivity (Wildman–Crippen MR) is 71.0 cm³/mol. The maximum atomic E-state index is 12.4. The van der Waals surface area contributed by atoms with Gasteiger partial charge in [0.15, 0.2) is 0 Å². The lowest BCUT2D eigenvalue weighted by molar-refractivity contribution is 0.0784. The minimum absolute atomic E-state index is 0.130. The summed E-state index contributed by atoms with van der Waals surface area (Å²) in [6.45, 7) is 1.70. The number of fused-ring (bicyclic) bond motifs is 1. The number of carbonyl (C=O) groups excluding carboxylic acids is 1. The lowest BCUT2D eigenvalue weighted by atomic mass is 9.98. The van der Waals surface area contributed by atoms with Gasteiger partial charge in [0.1, 0.15) is 5.75 Å². The van der Waals surface area contributed by atoms with Crippen LogP contribution in [0.3, 0.4) is 0 Å². The van der Waals surface area contributed by atoms with E-state index in [9.17, 15) is 4.79 Å². The van der Waals surface area contributed by atoms with Crippen molar-refractivity contribution in [3.8, 4) is 5.75 Å². The summed E-state index contributed by atoms with van der Waals surface area (Å²) in [5.41, 5.74) is 6.09. The number of nitrogens with zero attached hydrogens (tertiary/aromatic N) is 1. The van der Waals surface area contributed by atoms with Gasteiger partial charge in [-0.05, 0) is 24.7 Å². The summed E-state index contributed by atoms with van der Waals surface area (Å²) in [5.74, 6) is 2.02. The van der Waals surface area contributed by atoms with E-state index in [0.717, 1.165) is 30.1 Å². The van der Waals surface area contributed by atoms with Crippen molar-refractivity contribution in [3.63, 3.8) is 0 Å². The first-order valence-corrected chi connectivity index (χ1v) is 7.24. The van der Waals surface area contributed by atoms with Crippen molar-refractivity contribution in [2.75, 3.05) is 20.2 Å². The van der Waals surface area contributed by atoms with E-state index in [1.165, 1.54) is 17.8 Å². The van der Waals surface area contributed by atoms with Crippen LogP contribution >= 0.6 is 11.3 Å². The maximum Gasteiger partial charge on any atom is 0.264 e. The Kier molecular flexibility index (Phi) is 3.03. The molecule has 2 aliphatic rings. The van der Waals surface area contributed by atoms with Crippen molar-refractivity contribution in [1.82, 2.24) is 4.90 Å². The number of rotatable bonds is 2. The molecule has 5 heteroatoms. The zero-order valence-corrected chi connectivity index (χ0v) is 11.3. The maximum absolute atomic E-state index is 12.4. The normalized spacial score (nSPS) is 30.6. The number of methoxy groups -OCH3 is 1. The van der Waals surface area contributed by atoms with E-state index in [0.29, 0.717) is 11.8 Å². The molecule has 3 rings (SSSR count). The topological polar surface area (TPSA) is 55.6 Å². The summed E-state index contributed by atoms with van der Waals surface area (Å²) in [5, 5.41) is 1.87. The molecule has 0 spiro atoms. The van der Waals surface area contributed by atoms with E-state index in [2.05, 4.69) is 0 Å². The van der Waals surface area contributed by atoms with Crippen molar-refractivity contribution in [1.29, 1.82) is 0 Å². The highest BCUT2D eigenvalue weighted by molar-refractivity contribution is 7.12. The second kappa shape index (κ2) is 4.55. The molecule has 0 radical (unpaired) electrons. The van der Waals surface area contributed by atoms with Crippen LogP contribution in [-0.2, 0) is 0 Å². The number of carbonyl (C=O) groups is 1. The van der Waals surface area contributed by atoms with Gasteiger partial charge in [0, 0.05) is 30.6 Å². The number of hydrogen-bond donors (Lipinski definition) is 1. The van der Waals surface area contributed by atoms with Gasteiger partial charge in [0.2, 0.25) is 0 Å². The molecule has 3 unspecified atom stereocenters. The second-order valence-electron chi connectivity index (χ2n) is 5.23. The highest BCUT2D eigenvalue weighted by Crippen LogP contribution is 2.38. The third-order valence-corrected chi connectivity index (χ3v) is 5.12. The molecule has 4 nitrogen and oxygen atoms in total. The van der Waals surface area contributed by atoms with E-state index in [1.807, 2.05) is 16.3 Å². The summed E-state index contributed by atoms with van der Waals surface area (Å²) in [4.78, 5) is 15.1. The van der Waals surface area contributed by atoms with Crippen molar-refractivity contribution < 1.29 is 9.53 Å². The fraction of sp³-hybridized carbons (Fsp3) is 0.615. The Hall–Kier alpha value is -1.07. The predicted octanol–water partition coefficient (Wildman–Crippen LogP) is 1.57. The van der Waals surface area contributed by atoms with Gasteiger partial charge in [-0.1, -0.05) is 0 Å². The Morgan fingerprint density at radius 2 is 2.33 bits per heavy atom. The van der Waals surface area contributed by atoms with Crippen LogP contribution in [0.15, 0.2) is 11.4 Å². The highest BCUT2D eigenvalue weighted by Gasteiger charge is 2.42. The molecular weight excluding hydrogens is 248 g/mol. The summed E-state index contributed by atoms with van der Waals surface area (Å²) < 4.78 is 5.12. The molecule has 1 aliphatic carbocycles. The highest BCUT2D eigenvalue weighted by atomic mass is 32.1. The molecule has 2 N–H and O–H groups in total. The number of likely N-dealkylation sites (tertiary alicyclic amines) is 1. The second-order valence-corrected chi connectivity index (χ2v) is 6.14. The fourth-order valence-corrected chi connectivity index (χ4v) is 3.99. The van der Waals surface area contributed by atoms with Gasteiger partial charge in [-0.3, -0.25) is 4.79 Å². The Morgan fingerprint density at radius 3 is 3.00 bits per heavy atom. The van der Waals surface area contributed by atoms with Crippen LogP contribution in [0.4, 0.5) is 0 Å². The van der Waals surface area contributed by atoms with Crippen LogP contribution < -0.4 is 10.5 Å². The molecule has 2 fully saturated rings. The minimum atomic E-state index is 0.130. The molecule has 1 aliphatic heterocycles. The Morgan fingerprint density at radius 1 is 1.50 bits per heavy atom. The third kappa shape index (κ3) is 1.91. The largest absolute Gasteiger partial charge is 0.496 e. The molecule has 18 heavy (non-hydrogen) atoms. The third-order valence-electron chi connectivity index (χ3n) is 4.22. The number of hydrogen-bond acceptors (Lipinski definition) is 4. The fourth-order valence-electron chi connectivity index (χ4n) is 3.17. The molecule has 0 bridgehead atoms. The number of ether oxygens (including phenoxy) is 1. The van der Waals surface area contributed by atoms with Crippen molar-refractivity contribution in [2.24, 2.45) is 17.6 Å². The average molecular weight is 266 g/mol. The molecule has 2 heterocycles. The molecule has 1 saturated carbocycles. The first kappa shape index (κ1) is 12.0. The summed E-state index contributed by atoms with van der Waals surface area (Å²) in [6.07, 6.45) is 2.29. The molecule has 1 aromatic rings. The van der Waals surface area contributed by atoms with Crippen molar-refractivity contribution in [3.05, 3.63) is 16.3 Å². The van der Waals surface area contributed by atoms with Gasteiger partial charge in [-0.25, -0.2) is 0 Å². The van der Waals surface area contributed by atoms with Crippen LogP contribution in [0.25, 0.3) is 0 Å².